The number of nitriles is 1. The maximum atomic E-state index is 12.8. The van der Waals surface area contributed by atoms with E-state index < -0.39 is 26.5 Å². The van der Waals surface area contributed by atoms with Crippen LogP contribution in [0.2, 0.25) is 5.02 Å². The minimum absolute atomic E-state index is 0.130. The van der Waals surface area contributed by atoms with Crippen LogP contribution in [-0.2, 0) is 9.84 Å². The van der Waals surface area contributed by atoms with E-state index in [1.165, 1.54) is 24.3 Å². The zero-order valence-corrected chi connectivity index (χ0v) is 13.1. The van der Waals surface area contributed by atoms with Crippen molar-refractivity contribution in [3.8, 4) is 6.07 Å². The Labute approximate surface area is 134 Å². The van der Waals surface area contributed by atoms with Gasteiger partial charge in [0.2, 0.25) is 0 Å². The molecular formula is C16H13ClN2O2S. The van der Waals surface area contributed by atoms with Crippen molar-refractivity contribution in [1.82, 2.24) is 0 Å². The lowest BCUT2D eigenvalue weighted by Crippen LogP contribution is -2.29. The summed E-state index contributed by atoms with van der Waals surface area (Å²) >= 11 is 5.79. The smallest absolute Gasteiger partial charge is 0.184 e. The minimum atomic E-state index is -3.71. The highest BCUT2D eigenvalue weighted by atomic mass is 35.5. The SMILES string of the molecule is N#CC1(N)C(c2ccccc2)C1S(=O)(=O)c1ccc(Cl)cc1. The molecule has 1 aliphatic carbocycles. The van der Waals surface area contributed by atoms with Gasteiger partial charge in [-0.1, -0.05) is 41.9 Å². The summed E-state index contributed by atoms with van der Waals surface area (Å²) in [6.07, 6.45) is 0. The van der Waals surface area contributed by atoms with Crippen molar-refractivity contribution < 1.29 is 8.42 Å². The number of hydrogen-bond donors (Lipinski definition) is 1. The van der Waals surface area contributed by atoms with Crippen LogP contribution in [0.4, 0.5) is 0 Å². The second-order valence-corrected chi connectivity index (χ2v) is 7.86. The van der Waals surface area contributed by atoms with Gasteiger partial charge in [0.1, 0.15) is 10.8 Å². The Morgan fingerprint density at radius 1 is 1.09 bits per heavy atom. The van der Waals surface area contributed by atoms with E-state index in [4.69, 9.17) is 17.3 Å². The first-order valence-electron chi connectivity index (χ1n) is 6.66. The Hall–Kier alpha value is -1.87. The number of rotatable bonds is 3. The standard InChI is InChI=1S/C16H13ClN2O2S/c17-12-6-8-13(9-7-12)22(20,21)15-14(16(15,19)10-18)11-4-2-1-3-5-11/h1-9,14-15H,19H2. The highest BCUT2D eigenvalue weighted by Crippen LogP contribution is 2.55. The van der Waals surface area contributed by atoms with Crippen LogP contribution in [-0.4, -0.2) is 19.2 Å². The maximum Gasteiger partial charge on any atom is 0.184 e. The van der Waals surface area contributed by atoms with Crippen molar-refractivity contribution in [2.24, 2.45) is 5.73 Å². The Morgan fingerprint density at radius 3 is 2.23 bits per heavy atom. The van der Waals surface area contributed by atoms with Gasteiger partial charge in [0.15, 0.2) is 9.84 Å². The second kappa shape index (κ2) is 5.10. The number of sulfone groups is 1. The van der Waals surface area contributed by atoms with Crippen LogP contribution < -0.4 is 5.73 Å². The molecule has 3 rings (SSSR count). The van der Waals surface area contributed by atoms with Crippen LogP contribution in [0.15, 0.2) is 59.5 Å². The highest BCUT2D eigenvalue weighted by Gasteiger charge is 2.70. The topological polar surface area (TPSA) is 83.9 Å². The van der Waals surface area contributed by atoms with Crippen molar-refractivity contribution >= 4 is 21.4 Å². The first kappa shape index (κ1) is 15.0. The van der Waals surface area contributed by atoms with Crippen LogP contribution in [0.5, 0.6) is 0 Å². The van der Waals surface area contributed by atoms with E-state index in [0.29, 0.717) is 5.02 Å². The first-order chi connectivity index (χ1) is 10.4. The first-order valence-corrected chi connectivity index (χ1v) is 8.58. The van der Waals surface area contributed by atoms with Gasteiger partial charge in [-0.3, -0.25) is 0 Å². The van der Waals surface area contributed by atoms with E-state index in [2.05, 4.69) is 0 Å². The number of benzene rings is 2. The fraction of sp³-hybridized carbons (Fsp3) is 0.188. The molecular weight excluding hydrogens is 320 g/mol. The molecule has 0 bridgehead atoms. The number of nitrogens with two attached hydrogens (primary N) is 1. The summed E-state index contributed by atoms with van der Waals surface area (Å²) in [6, 6.07) is 16.9. The summed E-state index contributed by atoms with van der Waals surface area (Å²) in [6.45, 7) is 0. The van der Waals surface area contributed by atoms with Crippen LogP contribution in [0.25, 0.3) is 0 Å². The fourth-order valence-electron chi connectivity index (χ4n) is 2.83. The van der Waals surface area contributed by atoms with Crippen molar-refractivity contribution in [3.63, 3.8) is 0 Å². The lowest BCUT2D eigenvalue weighted by molar-refractivity contribution is 0.592. The van der Waals surface area contributed by atoms with Crippen LogP contribution in [0.1, 0.15) is 11.5 Å². The molecule has 0 radical (unpaired) electrons. The Balaban J connectivity index is 2.04. The largest absolute Gasteiger partial charge is 0.312 e. The van der Waals surface area contributed by atoms with Gasteiger partial charge in [0.05, 0.1) is 11.0 Å². The van der Waals surface area contributed by atoms with E-state index in [1.807, 2.05) is 12.1 Å². The predicted octanol–water partition coefficient (Wildman–Crippen LogP) is 2.50. The molecule has 22 heavy (non-hydrogen) atoms. The summed E-state index contributed by atoms with van der Waals surface area (Å²) in [7, 11) is -3.71. The average Bonchev–Trinajstić information content (AvgIpc) is 3.16. The third-order valence-corrected chi connectivity index (χ3v) is 6.52. The van der Waals surface area contributed by atoms with E-state index in [1.54, 1.807) is 24.3 Å². The summed E-state index contributed by atoms with van der Waals surface area (Å²) in [5.74, 6) is -0.528. The van der Waals surface area contributed by atoms with Gasteiger partial charge >= 0.3 is 0 Å². The summed E-state index contributed by atoms with van der Waals surface area (Å²) in [4.78, 5) is 0.130. The van der Waals surface area contributed by atoms with Gasteiger partial charge in [0, 0.05) is 10.9 Å². The van der Waals surface area contributed by atoms with Gasteiger partial charge in [-0.05, 0) is 29.8 Å². The van der Waals surface area contributed by atoms with E-state index in [0.717, 1.165) is 5.56 Å². The van der Waals surface area contributed by atoms with Crippen LogP contribution in [0, 0.1) is 11.3 Å². The number of nitrogens with zero attached hydrogens (tertiary/aromatic N) is 1. The van der Waals surface area contributed by atoms with Crippen LogP contribution in [0.3, 0.4) is 0 Å². The third kappa shape index (κ3) is 2.20. The third-order valence-electron chi connectivity index (χ3n) is 4.01. The monoisotopic (exact) mass is 332 g/mol. The Kier molecular flexibility index (Phi) is 3.48. The molecule has 0 saturated heterocycles. The molecule has 2 aromatic carbocycles. The van der Waals surface area contributed by atoms with Crippen molar-refractivity contribution in [1.29, 1.82) is 5.26 Å². The quantitative estimate of drug-likeness (QED) is 0.936. The average molecular weight is 333 g/mol. The molecule has 0 aromatic heterocycles. The summed E-state index contributed by atoms with van der Waals surface area (Å²) in [5.41, 5.74) is 5.41. The Morgan fingerprint density at radius 2 is 1.68 bits per heavy atom. The molecule has 1 fully saturated rings. The molecule has 2 N–H and O–H groups in total. The maximum absolute atomic E-state index is 12.8. The predicted molar refractivity (Wildman–Crippen MR) is 84.1 cm³/mol. The molecule has 112 valence electrons. The summed E-state index contributed by atoms with van der Waals surface area (Å²) < 4.78 is 25.6. The normalized spacial score (nSPS) is 27.1. The van der Waals surface area contributed by atoms with Crippen molar-refractivity contribution in [2.45, 2.75) is 21.6 Å². The molecule has 6 heteroatoms. The zero-order chi connectivity index (χ0) is 16.0. The molecule has 4 nitrogen and oxygen atoms in total. The van der Waals surface area contributed by atoms with Gasteiger partial charge in [-0.2, -0.15) is 5.26 Å². The van der Waals surface area contributed by atoms with E-state index in [9.17, 15) is 13.7 Å². The molecule has 0 amide bonds. The van der Waals surface area contributed by atoms with Crippen LogP contribution >= 0.6 is 11.6 Å². The lowest BCUT2D eigenvalue weighted by Gasteiger charge is -2.04. The molecule has 3 unspecified atom stereocenters. The molecule has 0 spiro atoms. The molecule has 2 aromatic rings. The van der Waals surface area contributed by atoms with Gasteiger partial charge in [0.25, 0.3) is 0 Å². The zero-order valence-electron chi connectivity index (χ0n) is 11.5. The highest BCUT2D eigenvalue weighted by molar-refractivity contribution is 7.92. The van der Waals surface area contributed by atoms with E-state index in [-0.39, 0.29) is 4.90 Å². The number of hydrogen-bond acceptors (Lipinski definition) is 4. The van der Waals surface area contributed by atoms with Gasteiger partial charge < -0.3 is 5.73 Å². The molecule has 3 atom stereocenters. The summed E-state index contributed by atoms with van der Waals surface area (Å²) in [5, 5.41) is 8.86. The van der Waals surface area contributed by atoms with E-state index >= 15 is 0 Å². The van der Waals surface area contributed by atoms with Crippen molar-refractivity contribution in [2.75, 3.05) is 0 Å². The Bertz CT molecular complexity index is 844. The fourth-order valence-corrected chi connectivity index (χ4v) is 5.13. The molecule has 0 heterocycles. The second-order valence-electron chi connectivity index (χ2n) is 5.35. The lowest BCUT2D eigenvalue weighted by atomic mass is 10.1. The molecule has 1 saturated carbocycles. The minimum Gasteiger partial charge on any atom is -0.312 e. The van der Waals surface area contributed by atoms with Gasteiger partial charge in [-0.15, -0.1) is 0 Å². The molecule has 0 aliphatic heterocycles. The molecule has 1 aliphatic rings. The number of halogens is 1. The van der Waals surface area contributed by atoms with Crippen molar-refractivity contribution in [3.05, 3.63) is 65.2 Å². The van der Waals surface area contributed by atoms with Gasteiger partial charge in [-0.25, -0.2) is 8.42 Å².